The molecule has 3 aliphatic heterocycles. The Morgan fingerprint density at radius 3 is 2.67 bits per heavy atom. The van der Waals surface area contributed by atoms with E-state index in [1.807, 2.05) is 4.90 Å². The number of halogens is 2. The van der Waals surface area contributed by atoms with E-state index < -0.39 is 17.7 Å². The Hall–Kier alpha value is -3.47. The van der Waals surface area contributed by atoms with Crippen molar-refractivity contribution in [2.75, 3.05) is 50.9 Å². The fourth-order valence-corrected chi connectivity index (χ4v) is 6.65. The van der Waals surface area contributed by atoms with Gasteiger partial charge in [0.25, 0.3) is 0 Å². The van der Waals surface area contributed by atoms with E-state index in [4.69, 9.17) is 14.5 Å². The molecular weight excluding hydrogens is 516 g/mol. The van der Waals surface area contributed by atoms with Crippen LogP contribution in [0.1, 0.15) is 25.7 Å². The number of aliphatic hydroxyl groups excluding tert-OH is 1. The molecule has 2 aromatic carbocycles. The minimum absolute atomic E-state index is 0.00869. The maximum absolute atomic E-state index is 16.4. The number of fused-ring (bicyclic) bond motifs is 3. The van der Waals surface area contributed by atoms with Crippen molar-refractivity contribution in [2.24, 2.45) is 0 Å². The Morgan fingerprint density at radius 1 is 1.05 bits per heavy atom. The molecule has 7 rings (SSSR count). The van der Waals surface area contributed by atoms with Gasteiger partial charge in [0.15, 0.2) is 5.82 Å². The molecule has 5 heterocycles. The molecule has 0 radical (unpaired) electrons. The van der Waals surface area contributed by atoms with Crippen LogP contribution in [-0.4, -0.2) is 82.6 Å². The summed E-state index contributed by atoms with van der Waals surface area (Å²) >= 11 is 0. The smallest absolute Gasteiger partial charge is 0.319 e. The lowest BCUT2D eigenvalue weighted by Gasteiger charge is -2.31. The van der Waals surface area contributed by atoms with Crippen molar-refractivity contribution in [3.8, 4) is 17.3 Å². The van der Waals surface area contributed by atoms with Gasteiger partial charge in [-0.05, 0) is 50.2 Å². The number of hydrogen-bond acceptors (Lipinski definition) is 8. The second-order valence-electron chi connectivity index (χ2n) is 11.0. The van der Waals surface area contributed by atoms with Gasteiger partial charge in [-0.3, -0.25) is 9.88 Å². The zero-order valence-electron chi connectivity index (χ0n) is 22.2. The number of aliphatic hydroxyl groups is 1. The van der Waals surface area contributed by atoms with E-state index in [9.17, 15) is 9.50 Å². The molecule has 3 saturated heterocycles. The van der Waals surface area contributed by atoms with Crippen molar-refractivity contribution < 1.29 is 23.4 Å². The lowest BCUT2D eigenvalue weighted by molar-refractivity contribution is 0.0597. The van der Waals surface area contributed by atoms with Crippen LogP contribution in [0.3, 0.4) is 0 Å². The molecule has 0 aliphatic carbocycles. The molecule has 0 saturated carbocycles. The Morgan fingerprint density at radius 2 is 1.85 bits per heavy atom. The minimum Gasteiger partial charge on any atom is -0.461 e. The van der Waals surface area contributed by atoms with Crippen LogP contribution < -0.4 is 9.64 Å². The zero-order chi connectivity index (χ0) is 27.3. The second kappa shape index (κ2) is 10.2. The first-order valence-corrected chi connectivity index (χ1v) is 13.9. The van der Waals surface area contributed by atoms with E-state index in [2.05, 4.69) is 14.9 Å². The van der Waals surface area contributed by atoms with E-state index in [-0.39, 0.29) is 35.9 Å². The van der Waals surface area contributed by atoms with E-state index in [0.29, 0.717) is 47.3 Å². The monoisotopic (exact) mass is 547 g/mol. The fourth-order valence-electron chi connectivity index (χ4n) is 6.65. The van der Waals surface area contributed by atoms with Crippen LogP contribution in [-0.2, 0) is 4.74 Å². The first-order chi connectivity index (χ1) is 19.5. The average molecular weight is 548 g/mol. The molecule has 4 aromatic rings. The van der Waals surface area contributed by atoms with Gasteiger partial charge >= 0.3 is 6.01 Å². The van der Waals surface area contributed by atoms with Crippen LogP contribution >= 0.6 is 0 Å². The highest BCUT2D eigenvalue weighted by molar-refractivity contribution is 5.99. The molecule has 0 amide bonds. The first kappa shape index (κ1) is 25.5. The van der Waals surface area contributed by atoms with Gasteiger partial charge in [-0.1, -0.05) is 30.3 Å². The van der Waals surface area contributed by atoms with Gasteiger partial charge in [0.05, 0.1) is 30.2 Å². The molecule has 1 atom stereocenters. The summed E-state index contributed by atoms with van der Waals surface area (Å²) in [5.41, 5.74) is 0.371. The van der Waals surface area contributed by atoms with E-state index in [1.54, 1.807) is 30.3 Å². The normalized spacial score (nSPS) is 21.2. The number of nitrogens with zero attached hydrogens (tertiary/aromatic N) is 5. The van der Waals surface area contributed by atoms with Crippen molar-refractivity contribution >= 4 is 27.5 Å². The second-order valence-corrected chi connectivity index (χ2v) is 11.0. The molecule has 10 heteroatoms. The highest BCUT2D eigenvalue weighted by atomic mass is 19.1. The molecular formula is C30H31F2N5O3. The third-order valence-electron chi connectivity index (χ3n) is 8.58. The molecule has 2 aromatic heterocycles. The largest absolute Gasteiger partial charge is 0.461 e. The van der Waals surface area contributed by atoms with Gasteiger partial charge in [0.1, 0.15) is 29.5 Å². The highest BCUT2D eigenvalue weighted by Gasteiger charge is 2.45. The summed E-state index contributed by atoms with van der Waals surface area (Å²) in [6.45, 7) is 3.87. The first-order valence-electron chi connectivity index (χ1n) is 13.9. The summed E-state index contributed by atoms with van der Waals surface area (Å²) < 4.78 is 43.1. The zero-order valence-corrected chi connectivity index (χ0v) is 22.2. The summed E-state index contributed by atoms with van der Waals surface area (Å²) in [4.78, 5) is 18.1. The molecule has 0 bridgehead atoms. The third-order valence-corrected chi connectivity index (χ3v) is 8.58. The van der Waals surface area contributed by atoms with Gasteiger partial charge in [-0.25, -0.2) is 8.78 Å². The summed E-state index contributed by atoms with van der Waals surface area (Å²) in [6.07, 6.45) is 5.17. The third kappa shape index (κ3) is 4.34. The van der Waals surface area contributed by atoms with E-state index >= 15 is 4.39 Å². The predicted molar refractivity (Wildman–Crippen MR) is 147 cm³/mol. The van der Waals surface area contributed by atoms with Gasteiger partial charge in [0, 0.05) is 30.2 Å². The van der Waals surface area contributed by atoms with Gasteiger partial charge in [-0.2, -0.15) is 9.97 Å². The molecule has 8 nitrogen and oxygen atoms in total. The maximum Gasteiger partial charge on any atom is 0.319 e. The summed E-state index contributed by atoms with van der Waals surface area (Å²) in [5, 5.41) is 11.8. The van der Waals surface area contributed by atoms with Crippen molar-refractivity contribution in [1.29, 1.82) is 0 Å². The quantitative estimate of drug-likeness (QED) is 0.396. The Kier molecular flexibility index (Phi) is 6.48. The van der Waals surface area contributed by atoms with Gasteiger partial charge < -0.3 is 19.5 Å². The number of anilines is 1. The number of ether oxygens (including phenoxy) is 2. The number of hydrogen-bond donors (Lipinski definition) is 1. The molecule has 0 spiro atoms. The number of β-amino-alcohol motifs (C(OH)–C–C–N with tert-alkyl or cyclic N) is 1. The Balaban J connectivity index is 1.36. The van der Waals surface area contributed by atoms with Crippen molar-refractivity contribution in [3.05, 3.63) is 54.2 Å². The molecule has 3 aliphatic rings. The Bertz CT molecular complexity index is 1570. The van der Waals surface area contributed by atoms with E-state index in [0.717, 1.165) is 38.8 Å². The molecule has 1 unspecified atom stereocenters. The van der Waals surface area contributed by atoms with Gasteiger partial charge in [-0.15, -0.1) is 0 Å². The summed E-state index contributed by atoms with van der Waals surface area (Å²) in [6, 6.07) is 10.1. The van der Waals surface area contributed by atoms with Crippen LogP contribution in [0.5, 0.6) is 6.01 Å². The topological polar surface area (TPSA) is 83.8 Å². The van der Waals surface area contributed by atoms with Crippen molar-refractivity contribution in [3.63, 3.8) is 0 Å². The van der Waals surface area contributed by atoms with Crippen LogP contribution in [0, 0.1) is 11.6 Å². The summed E-state index contributed by atoms with van der Waals surface area (Å²) in [7, 11) is 0. The predicted octanol–water partition coefficient (Wildman–Crippen LogP) is 4.33. The minimum atomic E-state index is -0.725. The van der Waals surface area contributed by atoms with Crippen LogP contribution in [0.15, 0.2) is 42.6 Å². The van der Waals surface area contributed by atoms with Crippen LogP contribution in [0.4, 0.5) is 14.6 Å². The lowest BCUT2D eigenvalue weighted by Crippen LogP contribution is -2.43. The van der Waals surface area contributed by atoms with Crippen LogP contribution in [0.25, 0.3) is 32.9 Å². The molecule has 1 N–H and O–H groups in total. The Labute approximate surface area is 230 Å². The number of aromatic nitrogens is 3. The summed E-state index contributed by atoms with van der Waals surface area (Å²) in [5.74, 6) is -0.689. The van der Waals surface area contributed by atoms with Crippen molar-refractivity contribution in [2.45, 2.75) is 37.3 Å². The van der Waals surface area contributed by atoms with Crippen LogP contribution in [0.2, 0.25) is 0 Å². The van der Waals surface area contributed by atoms with Gasteiger partial charge in [0.2, 0.25) is 0 Å². The number of rotatable bonds is 5. The SMILES string of the molecule is OC1COCCN(c2nc(OCC34CCCN3CCC4)nc3c(F)c(-c4cccc5cccc(F)c45)ncc23)C1. The van der Waals surface area contributed by atoms with Crippen molar-refractivity contribution in [1.82, 2.24) is 19.9 Å². The molecule has 208 valence electrons. The number of pyridine rings is 1. The fraction of sp³-hybridized carbons (Fsp3) is 0.433. The van der Waals surface area contributed by atoms with E-state index in [1.165, 1.54) is 12.3 Å². The average Bonchev–Trinajstić information content (AvgIpc) is 3.47. The number of benzene rings is 2. The lowest BCUT2D eigenvalue weighted by atomic mass is 9.95. The molecule has 40 heavy (non-hydrogen) atoms. The maximum atomic E-state index is 16.4. The molecule has 3 fully saturated rings. The highest BCUT2D eigenvalue weighted by Crippen LogP contribution is 2.40. The standard InChI is InChI=1S/C30H31F2N5O3/c31-23-8-2-6-19-5-1-7-21(24(19)23)26-25(32)27-22(15-33-26)28(36-13-14-39-17-20(38)16-36)35-29(34-27)40-18-30-9-3-11-37(30)12-4-10-30/h1-2,5-8,15,20,38H,3-4,9-14,16-18H2.